The second-order valence-electron chi connectivity index (χ2n) is 4.52. The number of aromatic nitrogens is 2. The van der Waals surface area contributed by atoms with Gasteiger partial charge in [0.05, 0.1) is 5.69 Å². The summed E-state index contributed by atoms with van der Waals surface area (Å²) in [5.41, 5.74) is 1.79. The molecule has 0 bridgehead atoms. The summed E-state index contributed by atoms with van der Waals surface area (Å²) in [6.07, 6.45) is 3.99. The molecule has 0 aliphatic rings. The van der Waals surface area contributed by atoms with Crippen molar-refractivity contribution in [2.75, 3.05) is 0 Å². The Balaban J connectivity index is 1.98. The fraction of sp³-hybridized carbons (Fsp3) is 0.333. The van der Waals surface area contributed by atoms with E-state index in [-0.39, 0.29) is 0 Å². The first kappa shape index (κ1) is 13.9. The van der Waals surface area contributed by atoms with E-state index in [1.54, 1.807) is 11.8 Å². The van der Waals surface area contributed by atoms with Crippen molar-refractivity contribution in [3.63, 3.8) is 0 Å². The van der Waals surface area contributed by atoms with E-state index in [0.717, 1.165) is 34.6 Å². The van der Waals surface area contributed by atoms with E-state index in [0.29, 0.717) is 6.04 Å². The maximum Gasteiger partial charge on any atom is 0.150 e. The van der Waals surface area contributed by atoms with E-state index in [4.69, 9.17) is 0 Å². The molecule has 1 aromatic carbocycles. The van der Waals surface area contributed by atoms with Crippen molar-refractivity contribution >= 4 is 18.0 Å². The van der Waals surface area contributed by atoms with Crippen molar-refractivity contribution in [3.05, 3.63) is 47.8 Å². The second kappa shape index (κ2) is 6.57. The quantitative estimate of drug-likeness (QED) is 0.591. The Bertz CT molecular complexity index is 551. The van der Waals surface area contributed by atoms with Gasteiger partial charge in [-0.2, -0.15) is 5.10 Å². The SMILES string of the molecule is CCC(C)n1ccc(CSc2cccc(C=O)c2)n1. The van der Waals surface area contributed by atoms with Crippen molar-refractivity contribution in [1.82, 2.24) is 9.78 Å². The van der Waals surface area contributed by atoms with Gasteiger partial charge >= 0.3 is 0 Å². The number of rotatable bonds is 6. The van der Waals surface area contributed by atoms with E-state index in [9.17, 15) is 4.79 Å². The van der Waals surface area contributed by atoms with Crippen molar-refractivity contribution in [2.45, 2.75) is 37.0 Å². The molecule has 0 fully saturated rings. The van der Waals surface area contributed by atoms with Gasteiger partial charge in [-0.25, -0.2) is 0 Å². The van der Waals surface area contributed by atoms with E-state index in [1.165, 1.54) is 0 Å². The lowest BCUT2D eigenvalue weighted by molar-refractivity contribution is 0.112. The Morgan fingerprint density at radius 2 is 2.26 bits per heavy atom. The molecule has 0 spiro atoms. The van der Waals surface area contributed by atoms with Crippen LogP contribution in [0.4, 0.5) is 0 Å². The zero-order chi connectivity index (χ0) is 13.7. The molecule has 2 rings (SSSR count). The lowest BCUT2D eigenvalue weighted by Gasteiger charge is -2.08. The van der Waals surface area contributed by atoms with Crippen LogP contribution in [0.5, 0.6) is 0 Å². The molecule has 0 N–H and O–H groups in total. The fourth-order valence-corrected chi connectivity index (χ4v) is 2.58. The van der Waals surface area contributed by atoms with Crippen LogP contribution in [0.2, 0.25) is 0 Å². The summed E-state index contributed by atoms with van der Waals surface area (Å²) < 4.78 is 2.01. The van der Waals surface area contributed by atoms with Gasteiger partial charge in [-0.05, 0) is 31.5 Å². The van der Waals surface area contributed by atoms with Gasteiger partial charge in [-0.1, -0.05) is 19.1 Å². The molecule has 0 aliphatic heterocycles. The zero-order valence-electron chi connectivity index (χ0n) is 11.2. The summed E-state index contributed by atoms with van der Waals surface area (Å²) in [7, 11) is 0. The molecule has 2 aromatic rings. The van der Waals surface area contributed by atoms with Crippen molar-refractivity contribution in [2.24, 2.45) is 0 Å². The Hall–Kier alpha value is -1.55. The number of hydrogen-bond donors (Lipinski definition) is 0. The Kier molecular flexibility index (Phi) is 4.80. The number of thioether (sulfide) groups is 1. The number of hydrogen-bond acceptors (Lipinski definition) is 3. The van der Waals surface area contributed by atoms with Crippen LogP contribution in [0, 0.1) is 0 Å². The predicted molar refractivity (Wildman–Crippen MR) is 78.6 cm³/mol. The van der Waals surface area contributed by atoms with Crippen molar-refractivity contribution < 1.29 is 4.79 Å². The van der Waals surface area contributed by atoms with Crippen LogP contribution < -0.4 is 0 Å². The molecule has 1 atom stereocenters. The van der Waals surface area contributed by atoms with Crippen LogP contribution in [0.15, 0.2) is 41.4 Å². The maximum atomic E-state index is 10.7. The highest BCUT2D eigenvalue weighted by Crippen LogP contribution is 2.23. The number of carbonyl (C=O) groups excluding carboxylic acids is 1. The van der Waals surface area contributed by atoms with E-state index < -0.39 is 0 Å². The molecule has 0 radical (unpaired) electrons. The third kappa shape index (κ3) is 3.70. The lowest BCUT2D eigenvalue weighted by Crippen LogP contribution is -2.04. The van der Waals surface area contributed by atoms with Gasteiger partial charge in [-0.15, -0.1) is 11.8 Å². The fourth-order valence-electron chi connectivity index (χ4n) is 1.72. The number of nitrogens with zero attached hydrogens (tertiary/aromatic N) is 2. The highest BCUT2D eigenvalue weighted by molar-refractivity contribution is 7.98. The van der Waals surface area contributed by atoms with Gasteiger partial charge in [0, 0.05) is 28.5 Å². The minimum Gasteiger partial charge on any atom is -0.298 e. The smallest absolute Gasteiger partial charge is 0.150 e. The van der Waals surface area contributed by atoms with Crippen LogP contribution in [-0.2, 0) is 5.75 Å². The minimum absolute atomic E-state index is 0.442. The number of carbonyl (C=O) groups is 1. The first-order valence-corrected chi connectivity index (χ1v) is 7.43. The third-order valence-electron chi connectivity index (χ3n) is 3.09. The molecule has 100 valence electrons. The van der Waals surface area contributed by atoms with Crippen LogP contribution >= 0.6 is 11.8 Å². The van der Waals surface area contributed by atoms with E-state index in [1.807, 2.05) is 35.1 Å². The van der Waals surface area contributed by atoms with Crippen molar-refractivity contribution in [3.8, 4) is 0 Å². The van der Waals surface area contributed by atoms with Crippen molar-refractivity contribution in [1.29, 1.82) is 0 Å². The van der Waals surface area contributed by atoms with Gasteiger partial charge in [0.1, 0.15) is 6.29 Å². The average molecular weight is 274 g/mol. The molecule has 1 unspecified atom stereocenters. The largest absolute Gasteiger partial charge is 0.298 e. The Morgan fingerprint density at radius 3 is 3.00 bits per heavy atom. The molecule has 0 amide bonds. The summed E-state index contributed by atoms with van der Waals surface area (Å²) in [5, 5.41) is 4.56. The molecule has 0 saturated heterocycles. The van der Waals surface area contributed by atoms with Gasteiger partial charge in [0.2, 0.25) is 0 Å². The molecular formula is C15H18N2OS. The molecule has 19 heavy (non-hydrogen) atoms. The molecule has 0 saturated carbocycles. The molecule has 0 aliphatic carbocycles. The summed E-state index contributed by atoms with van der Waals surface area (Å²) in [6.45, 7) is 4.32. The first-order chi connectivity index (χ1) is 9.22. The number of aldehydes is 1. The summed E-state index contributed by atoms with van der Waals surface area (Å²) in [4.78, 5) is 11.8. The zero-order valence-corrected chi connectivity index (χ0v) is 12.1. The predicted octanol–water partition coefficient (Wildman–Crippen LogP) is 3.96. The topological polar surface area (TPSA) is 34.9 Å². The maximum absolute atomic E-state index is 10.7. The summed E-state index contributed by atoms with van der Waals surface area (Å²) >= 11 is 1.70. The second-order valence-corrected chi connectivity index (χ2v) is 5.57. The monoisotopic (exact) mass is 274 g/mol. The molecule has 1 heterocycles. The van der Waals surface area contributed by atoms with Gasteiger partial charge in [0.25, 0.3) is 0 Å². The molecular weight excluding hydrogens is 256 g/mol. The lowest BCUT2D eigenvalue weighted by atomic mass is 10.2. The minimum atomic E-state index is 0.442. The Morgan fingerprint density at radius 1 is 1.42 bits per heavy atom. The molecule has 1 aromatic heterocycles. The Labute approximate surface area is 118 Å². The summed E-state index contributed by atoms with van der Waals surface area (Å²) in [6, 6.07) is 10.1. The highest BCUT2D eigenvalue weighted by Gasteiger charge is 2.05. The molecule has 4 heteroatoms. The van der Waals surface area contributed by atoms with Crippen LogP contribution in [-0.4, -0.2) is 16.1 Å². The average Bonchev–Trinajstić information content (AvgIpc) is 2.93. The van der Waals surface area contributed by atoms with Gasteiger partial charge < -0.3 is 0 Å². The summed E-state index contributed by atoms with van der Waals surface area (Å²) in [5.74, 6) is 0.825. The van der Waals surface area contributed by atoms with E-state index >= 15 is 0 Å². The standard InChI is InChI=1S/C15H18N2OS/c1-3-12(2)17-8-7-14(16-17)11-19-15-6-4-5-13(9-15)10-18/h4-10,12H,3,11H2,1-2H3. The highest BCUT2D eigenvalue weighted by atomic mass is 32.2. The van der Waals surface area contributed by atoms with Crippen LogP contribution in [0.3, 0.4) is 0 Å². The van der Waals surface area contributed by atoms with Crippen LogP contribution in [0.25, 0.3) is 0 Å². The first-order valence-electron chi connectivity index (χ1n) is 6.45. The van der Waals surface area contributed by atoms with Gasteiger partial charge in [0.15, 0.2) is 0 Å². The molecule has 3 nitrogen and oxygen atoms in total. The van der Waals surface area contributed by atoms with Crippen LogP contribution in [0.1, 0.15) is 42.4 Å². The third-order valence-corrected chi connectivity index (χ3v) is 4.11. The number of benzene rings is 1. The van der Waals surface area contributed by atoms with Gasteiger partial charge in [-0.3, -0.25) is 9.48 Å². The normalized spacial score (nSPS) is 12.3. The van der Waals surface area contributed by atoms with E-state index in [2.05, 4.69) is 25.0 Å².